The minimum atomic E-state index is 0.0943. The van der Waals surface area contributed by atoms with Gasteiger partial charge in [-0.05, 0) is 19.0 Å². The Morgan fingerprint density at radius 3 is 2.45 bits per heavy atom. The van der Waals surface area contributed by atoms with Gasteiger partial charge in [-0.1, -0.05) is 42.5 Å². The van der Waals surface area contributed by atoms with Gasteiger partial charge < -0.3 is 10.6 Å². The molecule has 1 aromatic rings. The van der Waals surface area contributed by atoms with Crippen molar-refractivity contribution in [2.75, 3.05) is 33.7 Å². The van der Waals surface area contributed by atoms with E-state index in [4.69, 9.17) is 18.0 Å². The zero-order chi connectivity index (χ0) is 15.0. The maximum absolute atomic E-state index is 12.0. The molecule has 0 saturated carbocycles. The van der Waals surface area contributed by atoms with Gasteiger partial charge in [0.1, 0.15) is 0 Å². The lowest BCUT2D eigenvalue weighted by atomic mass is 10.1. The second-order valence-electron chi connectivity index (χ2n) is 5.00. The molecule has 2 N–H and O–H groups in total. The second-order valence-corrected chi connectivity index (χ2v) is 5.53. The number of likely N-dealkylation sites (N-methyl/N-ethyl adjacent to an activating group) is 2. The van der Waals surface area contributed by atoms with E-state index in [0.717, 1.165) is 13.0 Å². The first-order chi connectivity index (χ1) is 9.49. The van der Waals surface area contributed by atoms with Crippen LogP contribution in [-0.2, 0) is 11.2 Å². The molecule has 0 spiro atoms. The largest absolute Gasteiger partial charge is 0.393 e. The number of nitrogens with two attached hydrogens (primary N) is 1. The van der Waals surface area contributed by atoms with E-state index in [1.54, 1.807) is 11.9 Å². The van der Waals surface area contributed by atoms with Crippen LogP contribution in [0.15, 0.2) is 30.3 Å². The van der Waals surface area contributed by atoms with E-state index in [1.165, 1.54) is 5.56 Å². The van der Waals surface area contributed by atoms with Crippen molar-refractivity contribution >= 4 is 23.1 Å². The minimum Gasteiger partial charge on any atom is -0.393 e. The van der Waals surface area contributed by atoms with Gasteiger partial charge in [0.15, 0.2) is 0 Å². The quantitative estimate of drug-likeness (QED) is 0.734. The van der Waals surface area contributed by atoms with E-state index in [1.807, 2.05) is 30.1 Å². The number of carbonyl (C=O) groups excluding carboxylic acids is 1. The highest BCUT2D eigenvalue weighted by Gasteiger charge is 2.11. The fourth-order valence-electron chi connectivity index (χ4n) is 1.80. The van der Waals surface area contributed by atoms with E-state index < -0.39 is 0 Å². The molecule has 0 aliphatic carbocycles. The van der Waals surface area contributed by atoms with Gasteiger partial charge >= 0.3 is 0 Å². The first-order valence-corrected chi connectivity index (χ1v) is 7.14. The van der Waals surface area contributed by atoms with Crippen LogP contribution in [0.3, 0.4) is 0 Å². The van der Waals surface area contributed by atoms with Crippen molar-refractivity contribution in [2.45, 2.75) is 12.8 Å². The van der Waals surface area contributed by atoms with Gasteiger partial charge in [-0.3, -0.25) is 9.69 Å². The molecule has 1 aromatic carbocycles. The number of hydrogen-bond donors (Lipinski definition) is 1. The van der Waals surface area contributed by atoms with E-state index in [0.29, 0.717) is 24.5 Å². The number of rotatable bonds is 8. The molecule has 0 radical (unpaired) electrons. The van der Waals surface area contributed by atoms with Crippen molar-refractivity contribution in [3.05, 3.63) is 35.9 Å². The Morgan fingerprint density at radius 1 is 1.20 bits per heavy atom. The van der Waals surface area contributed by atoms with Crippen molar-refractivity contribution in [3.8, 4) is 0 Å². The van der Waals surface area contributed by atoms with Crippen LogP contribution in [0.2, 0.25) is 0 Å². The zero-order valence-electron chi connectivity index (χ0n) is 12.2. The summed E-state index contributed by atoms with van der Waals surface area (Å²) in [6.45, 7) is 1.86. The molecule has 4 nitrogen and oxygen atoms in total. The van der Waals surface area contributed by atoms with E-state index in [9.17, 15) is 4.79 Å². The predicted octanol–water partition coefficient (Wildman–Crippen LogP) is 1.30. The van der Waals surface area contributed by atoms with Gasteiger partial charge in [0.25, 0.3) is 0 Å². The highest BCUT2D eigenvalue weighted by atomic mass is 32.1. The maximum atomic E-state index is 12.0. The molecule has 0 saturated heterocycles. The summed E-state index contributed by atoms with van der Waals surface area (Å²) in [6.07, 6.45) is 1.52. The molecular formula is C15H23N3OS. The van der Waals surface area contributed by atoms with E-state index in [2.05, 4.69) is 12.1 Å². The number of amides is 1. The van der Waals surface area contributed by atoms with Crippen LogP contribution < -0.4 is 5.73 Å². The molecule has 5 heteroatoms. The lowest BCUT2D eigenvalue weighted by Gasteiger charge is -2.21. The predicted molar refractivity (Wildman–Crippen MR) is 86.7 cm³/mol. The van der Waals surface area contributed by atoms with Crippen LogP contribution in [0.1, 0.15) is 12.0 Å². The lowest BCUT2D eigenvalue weighted by Crippen LogP contribution is -2.38. The zero-order valence-corrected chi connectivity index (χ0v) is 13.0. The molecular weight excluding hydrogens is 270 g/mol. The molecule has 1 amide bonds. The van der Waals surface area contributed by atoms with Gasteiger partial charge in [-0.25, -0.2) is 0 Å². The highest BCUT2D eigenvalue weighted by Crippen LogP contribution is 2.01. The maximum Gasteiger partial charge on any atom is 0.236 e. The van der Waals surface area contributed by atoms with Crippen molar-refractivity contribution < 1.29 is 4.79 Å². The average molecular weight is 293 g/mol. The summed E-state index contributed by atoms with van der Waals surface area (Å²) in [6, 6.07) is 10.3. The Morgan fingerprint density at radius 2 is 1.85 bits per heavy atom. The monoisotopic (exact) mass is 293 g/mol. The Kier molecular flexibility index (Phi) is 7.18. The Bertz CT molecular complexity index is 436. The molecule has 0 heterocycles. The molecule has 0 aliphatic rings. The van der Waals surface area contributed by atoms with Crippen LogP contribution in [0.25, 0.3) is 0 Å². The summed E-state index contributed by atoms with van der Waals surface area (Å²) in [7, 11) is 3.74. The first-order valence-electron chi connectivity index (χ1n) is 6.73. The third-order valence-electron chi connectivity index (χ3n) is 3.15. The van der Waals surface area contributed by atoms with Crippen LogP contribution in [0.5, 0.6) is 0 Å². The summed E-state index contributed by atoms with van der Waals surface area (Å²) in [5, 5.41) is 0. The lowest BCUT2D eigenvalue weighted by molar-refractivity contribution is -0.130. The summed E-state index contributed by atoms with van der Waals surface area (Å²) >= 11 is 4.81. The Hall–Kier alpha value is -1.46. The molecule has 0 unspecified atom stereocenters. The number of benzene rings is 1. The highest BCUT2D eigenvalue weighted by molar-refractivity contribution is 7.80. The van der Waals surface area contributed by atoms with Gasteiger partial charge in [0.05, 0.1) is 11.5 Å². The van der Waals surface area contributed by atoms with Crippen molar-refractivity contribution in [2.24, 2.45) is 5.73 Å². The normalized spacial score (nSPS) is 10.6. The molecule has 0 atom stereocenters. The number of hydrogen-bond acceptors (Lipinski definition) is 3. The fourth-order valence-corrected chi connectivity index (χ4v) is 1.89. The summed E-state index contributed by atoms with van der Waals surface area (Å²) in [4.78, 5) is 16.1. The molecule has 1 rings (SSSR count). The van der Waals surface area contributed by atoms with E-state index in [-0.39, 0.29) is 5.91 Å². The molecule has 110 valence electrons. The van der Waals surface area contributed by atoms with Gasteiger partial charge in [-0.15, -0.1) is 0 Å². The summed E-state index contributed by atoms with van der Waals surface area (Å²) in [5.74, 6) is 0.0943. The van der Waals surface area contributed by atoms with Crippen molar-refractivity contribution in [1.29, 1.82) is 0 Å². The Labute approximate surface area is 126 Å². The number of thiocarbonyl (C=S) groups is 1. The standard InChI is InChI=1S/C15H23N3OS/c1-17(10-8-13-6-4-3-5-7-13)12-15(19)18(2)11-9-14(16)20/h3-7H,8-12H2,1-2H3,(H2,16,20). The first kappa shape index (κ1) is 16.6. The average Bonchev–Trinajstić information content (AvgIpc) is 2.43. The third-order valence-corrected chi connectivity index (χ3v) is 3.35. The van der Waals surface area contributed by atoms with Gasteiger partial charge in [0.2, 0.25) is 5.91 Å². The molecule has 20 heavy (non-hydrogen) atoms. The van der Waals surface area contributed by atoms with Crippen LogP contribution in [-0.4, -0.2) is 54.4 Å². The third kappa shape index (κ3) is 6.63. The summed E-state index contributed by atoms with van der Waals surface area (Å²) < 4.78 is 0. The van der Waals surface area contributed by atoms with E-state index >= 15 is 0 Å². The van der Waals surface area contributed by atoms with Crippen LogP contribution >= 0.6 is 12.2 Å². The minimum absolute atomic E-state index is 0.0943. The smallest absolute Gasteiger partial charge is 0.236 e. The molecule has 0 aromatic heterocycles. The number of carbonyl (C=O) groups is 1. The number of nitrogens with zero attached hydrogens (tertiary/aromatic N) is 2. The fraction of sp³-hybridized carbons (Fsp3) is 0.467. The molecule has 0 fully saturated rings. The Balaban J connectivity index is 2.28. The van der Waals surface area contributed by atoms with Crippen molar-refractivity contribution in [1.82, 2.24) is 9.80 Å². The molecule has 0 aliphatic heterocycles. The summed E-state index contributed by atoms with van der Waals surface area (Å²) in [5.41, 5.74) is 6.72. The van der Waals surface area contributed by atoms with Crippen LogP contribution in [0, 0.1) is 0 Å². The molecule has 0 bridgehead atoms. The van der Waals surface area contributed by atoms with Gasteiger partial charge in [-0.2, -0.15) is 0 Å². The SMILES string of the molecule is CN(CCc1ccccc1)CC(=O)N(C)CCC(N)=S. The topological polar surface area (TPSA) is 49.6 Å². The van der Waals surface area contributed by atoms with Gasteiger partial charge in [0, 0.05) is 26.6 Å². The van der Waals surface area contributed by atoms with Crippen LogP contribution in [0.4, 0.5) is 0 Å². The van der Waals surface area contributed by atoms with Crippen molar-refractivity contribution in [3.63, 3.8) is 0 Å². The second kappa shape index (κ2) is 8.66.